The standard InChI is InChI=1S/C15H18ClNO/c16-10-5-1-2-6-12-18-15-14-8-4-3-7-13(14)9-11-17-15/h3-4,7-9,11H,1-2,5-6,10,12H2. The Hall–Kier alpha value is -1.28. The lowest BCUT2D eigenvalue weighted by atomic mass is 10.2. The maximum atomic E-state index is 5.76. The second-order valence-corrected chi connectivity index (χ2v) is 4.67. The molecule has 0 radical (unpaired) electrons. The molecule has 1 heterocycles. The van der Waals surface area contributed by atoms with Crippen molar-refractivity contribution >= 4 is 22.4 Å². The largest absolute Gasteiger partial charge is 0.477 e. The minimum atomic E-state index is 0.725. The molecular formula is C15H18ClNO. The summed E-state index contributed by atoms with van der Waals surface area (Å²) in [6.45, 7) is 0.725. The number of benzene rings is 1. The molecule has 0 aliphatic rings. The van der Waals surface area contributed by atoms with Crippen molar-refractivity contribution in [2.24, 2.45) is 0 Å². The lowest BCUT2D eigenvalue weighted by Gasteiger charge is -2.07. The van der Waals surface area contributed by atoms with Crippen LogP contribution < -0.4 is 4.74 Å². The van der Waals surface area contributed by atoms with E-state index >= 15 is 0 Å². The molecule has 1 aromatic carbocycles. The van der Waals surface area contributed by atoms with E-state index in [0.717, 1.165) is 43.0 Å². The molecule has 1 aromatic heterocycles. The van der Waals surface area contributed by atoms with Gasteiger partial charge in [-0.15, -0.1) is 11.6 Å². The monoisotopic (exact) mass is 263 g/mol. The Labute approximate surface area is 113 Å². The van der Waals surface area contributed by atoms with Gasteiger partial charge in [0.05, 0.1) is 6.61 Å². The van der Waals surface area contributed by atoms with Crippen LogP contribution in [0.1, 0.15) is 25.7 Å². The van der Waals surface area contributed by atoms with E-state index in [-0.39, 0.29) is 0 Å². The maximum absolute atomic E-state index is 5.76. The first-order chi connectivity index (χ1) is 8.92. The van der Waals surface area contributed by atoms with Crippen LogP contribution in [0.3, 0.4) is 0 Å². The normalized spacial score (nSPS) is 10.7. The van der Waals surface area contributed by atoms with Gasteiger partial charge in [-0.2, -0.15) is 0 Å². The minimum absolute atomic E-state index is 0.725. The van der Waals surface area contributed by atoms with Crippen molar-refractivity contribution in [2.45, 2.75) is 25.7 Å². The molecule has 0 aliphatic heterocycles. The Morgan fingerprint density at radius 3 is 2.72 bits per heavy atom. The Morgan fingerprint density at radius 2 is 1.83 bits per heavy atom. The quantitative estimate of drug-likeness (QED) is 0.545. The van der Waals surface area contributed by atoms with E-state index < -0.39 is 0 Å². The zero-order valence-corrected chi connectivity index (χ0v) is 11.2. The molecule has 3 heteroatoms. The highest BCUT2D eigenvalue weighted by Gasteiger charge is 2.02. The number of alkyl halides is 1. The van der Waals surface area contributed by atoms with Gasteiger partial charge in [0.25, 0.3) is 0 Å². The second kappa shape index (κ2) is 7.22. The molecule has 0 fully saturated rings. The molecule has 2 rings (SSSR count). The second-order valence-electron chi connectivity index (χ2n) is 4.29. The van der Waals surface area contributed by atoms with Gasteiger partial charge < -0.3 is 4.74 Å². The molecule has 0 spiro atoms. The van der Waals surface area contributed by atoms with Gasteiger partial charge in [0, 0.05) is 17.5 Å². The molecule has 0 saturated heterocycles. The van der Waals surface area contributed by atoms with Gasteiger partial charge >= 0.3 is 0 Å². The summed E-state index contributed by atoms with van der Waals surface area (Å²) < 4.78 is 5.76. The molecule has 0 bridgehead atoms. The third-order valence-corrected chi connectivity index (χ3v) is 3.17. The summed E-state index contributed by atoms with van der Waals surface area (Å²) in [7, 11) is 0. The van der Waals surface area contributed by atoms with Crippen molar-refractivity contribution in [2.75, 3.05) is 12.5 Å². The molecular weight excluding hydrogens is 246 g/mol. The van der Waals surface area contributed by atoms with Crippen LogP contribution in [-0.2, 0) is 0 Å². The predicted octanol–water partition coefficient (Wildman–Crippen LogP) is 4.41. The fourth-order valence-electron chi connectivity index (χ4n) is 1.93. The van der Waals surface area contributed by atoms with E-state index in [9.17, 15) is 0 Å². The van der Waals surface area contributed by atoms with Crippen LogP contribution in [0.25, 0.3) is 10.8 Å². The number of fused-ring (bicyclic) bond motifs is 1. The summed E-state index contributed by atoms with van der Waals surface area (Å²) in [4.78, 5) is 4.30. The van der Waals surface area contributed by atoms with Crippen molar-refractivity contribution in [3.05, 3.63) is 36.5 Å². The van der Waals surface area contributed by atoms with Gasteiger partial charge in [0.15, 0.2) is 0 Å². The summed E-state index contributed by atoms with van der Waals surface area (Å²) >= 11 is 5.63. The fraction of sp³-hybridized carbons (Fsp3) is 0.400. The molecule has 18 heavy (non-hydrogen) atoms. The van der Waals surface area contributed by atoms with E-state index in [1.807, 2.05) is 24.3 Å². The summed E-state index contributed by atoms with van der Waals surface area (Å²) in [5, 5.41) is 2.25. The average molecular weight is 264 g/mol. The number of halogens is 1. The van der Waals surface area contributed by atoms with Crippen LogP contribution in [0.2, 0.25) is 0 Å². The SMILES string of the molecule is ClCCCCCCOc1nccc2ccccc12. The lowest BCUT2D eigenvalue weighted by molar-refractivity contribution is 0.298. The van der Waals surface area contributed by atoms with E-state index in [1.165, 1.54) is 11.8 Å². The van der Waals surface area contributed by atoms with Crippen LogP contribution in [0.5, 0.6) is 5.88 Å². The van der Waals surface area contributed by atoms with Gasteiger partial charge in [-0.05, 0) is 30.4 Å². The molecule has 0 amide bonds. The summed E-state index contributed by atoms with van der Waals surface area (Å²) in [5.74, 6) is 1.50. The van der Waals surface area contributed by atoms with E-state index in [0.29, 0.717) is 0 Å². The highest BCUT2D eigenvalue weighted by molar-refractivity contribution is 6.17. The molecule has 0 aliphatic carbocycles. The predicted molar refractivity (Wildman–Crippen MR) is 76.4 cm³/mol. The average Bonchev–Trinajstić information content (AvgIpc) is 2.43. The first-order valence-corrected chi connectivity index (χ1v) is 6.98. The number of hydrogen-bond donors (Lipinski definition) is 0. The first-order valence-electron chi connectivity index (χ1n) is 6.44. The van der Waals surface area contributed by atoms with Crippen LogP contribution in [0, 0.1) is 0 Å². The van der Waals surface area contributed by atoms with Crippen molar-refractivity contribution in [1.29, 1.82) is 0 Å². The van der Waals surface area contributed by atoms with Crippen molar-refractivity contribution in [3.63, 3.8) is 0 Å². The van der Waals surface area contributed by atoms with E-state index in [2.05, 4.69) is 11.1 Å². The number of ether oxygens (including phenoxy) is 1. The molecule has 0 saturated carbocycles. The third-order valence-electron chi connectivity index (χ3n) is 2.90. The first kappa shape index (κ1) is 13.2. The Balaban J connectivity index is 1.88. The highest BCUT2D eigenvalue weighted by atomic mass is 35.5. The number of aromatic nitrogens is 1. The zero-order chi connectivity index (χ0) is 12.6. The summed E-state index contributed by atoms with van der Waals surface area (Å²) in [5.41, 5.74) is 0. The Kier molecular flexibility index (Phi) is 5.28. The number of pyridine rings is 1. The van der Waals surface area contributed by atoms with Gasteiger partial charge in [0.2, 0.25) is 5.88 Å². The molecule has 0 atom stereocenters. The van der Waals surface area contributed by atoms with Gasteiger partial charge in [-0.3, -0.25) is 0 Å². The number of rotatable bonds is 7. The van der Waals surface area contributed by atoms with E-state index in [4.69, 9.17) is 16.3 Å². The zero-order valence-electron chi connectivity index (χ0n) is 10.4. The van der Waals surface area contributed by atoms with Crippen molar-refractivity contribution in [3.8, 4) is 5.88 Å². The molecule has 0 N–H and O–H groups in total. The summed E-state index contributed by atoms with van der Waals surface area (Å²) in [6.07, 6.45) is 6.29. The van der Waals surface area contributed by atoms with Crippen LogP contribution in [0.15, 0.2) is 36.5 Å². The molecule has 96 valence electrons. The van der Waals surface area contributed by atoms with Gasteiger partial charge in [0.1, 0.15) is 0 Å². The van der Waals surface area contributed by atoms with E-state index in [1.54, 1.807) is 6.20 Å². The van der Waals surface area contributed by atoms with Crippen LogP contribution in [-0.4, -0.2) is 17.5 Å². The molecule has 0 unspecified atom stereocenters. The maximum Gasteiger partial charge on any atom is 0.221 e. The van der Waals surface area contributed by atoms with Crippen LogP contribution in [0.4, 0.5) is 0 Å². The third kappa shape index (κ3) is 3.61. The van der Waals surface area contributed by atoms with Crippen molar-refractivity contribution < 1.29 is 4.74 Å². The summed E-state index contributed by atoms with van der Waals surface area (Å²) in [6, 6.07) is 10.2. The Morgan fingerprint density at radius 1 is 1.00 bits per heavy atom. The fourth-order valence-corrected chi connectivity index (χ4v) is 2.11. The van der Waals surface area contributed by atoms with Gasteiger partial charge in [-0.1, -0.05) is 31.0 Å². The number of hydrogen-bond acceptors (Lipinski definition) is 2. The lowest BCUT2D eigenvalue weighted by Crippen LogP contribution is -1.99. The van der Waals surface area contributed by atoms with Gasteiger partial charge in [-0.25, -0.2) is 4.98 Å². The van der Waals surface area contributed by atoms with Crippen molar-refractivity contribution in [1.82, 2.24) is 4.98 Å². The molecule has 2 nitrogen and oxygen atoms in total. The van der Waals surface area contributed by atoms with Crippen LogP contribution >= 0.6 is 11.6 Å². The minimum Gasteiger partial charge on any atom is -0.477 e. The smallest absolute Gasteiger partial charge is 0.221 e. The Bertz CT molecular complexity index is 481. The topological polar surface area (TPSA) is 22.1 Å². The molecule has 2 aromatic rings. The highest BCUT2D eigenvalue weighted by Crippen LogP contribution is 2.22. The number of nitrogens with zero attached hydrogens (tertiary/aromatic N) is 1. The number of unbranched alkanes of at least 4 members (excludes halogenated alkanes) is 3.